The van der Waals surface area contributed by atoms with Crippen LogP contribution in [0.15, 0.2) is 0 Å². The quantitative estimate of drug-likeness (QED) is 0.498. The minimum Gasteiger partial charge on any atom is -0.381 e. The molecule has 1 rings (SSSR count). The van der Waals surface area contributed by atoms with E-state index in [2.05, 4.69) is 12.2 Å². The van der Waals surface area contributed by atoms with Gasteiger partial charge in [-0.3, -0.25) is 0 Å². The van der Waals surface area contributed by atoms with Crippen molar-refractivity contribution in [1.29, 1.82) is 0 Å². The molecule has 0 aromatic rings. The van der Waals surface area contributed by atoms with Crippen molar-refractivity contribution < 1.29 is 4.74 Å². The van der Waals surface area contributed by atoms with E-state index in [1.807, 2.05) is 0 Å². The molecule has 0 bridgehead atoms. The predicted molar refractivity (Wildman–Crippen MR) is 77.7 cm³/mol. The number of nitrogens with one attached hydrogen (secondary N) is 1. The van der Waals surface area contributed by atoms with Crippen LogP contribution in [0, 0.1) is 11.8 Å². The third kappa shape index (κ3) is 8.90. The van der Waals surface area contributed by atoms with Gasteiger partial charge in [-0.05, 0) is 70.0 Å². The van der Waals surface area contributed by atoms with E-state index in [0.29, 0.717) is 0 Å². The van der Waals surface area contributed by atoms with E-state index in [-0.39, 0.29) is 0 Å². The minimum absolute atomic E-state index is 0.832. The lowest BCUT2D eigenvalue weighted by Gasteiger charge is -2.13. The van der Waals surface area contributed by atoms with Gasteiger partial charge in [0.1, 0.15) is 0 Å². The van der Waals surface area contributed by atoms with Gasteiger partial charge in [-0.25, -0.2) is 0 Å². The molecule has 1 fully saturated rings. The predicted octanol–water partition coefficient (Wildman–Crippen LogP) is 2.55. The summed E-state index contributed by atoms with van der Waals surface area (Å²) in [5.41, 5.74) is 5.60. The topological polar surface area (TPSA) is 47.3 Å². The molecule has 1 aliphatic carbocycles. The normalized spacial score (nSPS) is 17.0. The molecule has 3 nitrogen and oxygen atoms in total. The summed E-state index contributed by atoms with van der Waals surface area (Å²) in [6, 6.07) is 0. The maximum atomic E-state index is 5.60. The maximum absolute atomic E-state index is 5.60. The molecule has 1 saturated carbocycles. The molecule has 3 heteroatoms. The second kappa shape index (κ2) is 10.8. The van der Waals surface area contributed by atoms with Crippen LogP contribution >= 0.6 is 0 Å². The van der Waals surface area contributed by atoms with Gasteiger partial charge in [0.15, 0.2) is 0 Å². The van der Waals surface area contributed by atoms with Gasteiger partial charge in [-0.1, -0.05) is 13.3 Å². The van der Waals surface area contributed by atoms with Gasteiger partial charge in [0.2, 0.25) is 0 Å². The molecule has 108 valence electrons. The zero-order valence-corrected chi connectivity index (χ0v) is 12.1. The summed E-state index contributed by atoms with van der Waals surface area (Å²) in [7, 11) is 0. The third-order valence-corrected chi connectivity index (χ3v) is 3.81. The van der Waals surface area contributed by atoms with Crippen LogP contribution < -0.4 is 11.1 Å². The Morgan fingerprint density at radius 1 is 1.22 bits per heavy atom. The van der Waals surface area contributed by atoms with Gasteiger partial charge in [-0.15, -0.1) is 0 Å². The molecule has 1 unspecified atom stereocenters. The Morgan fingerprint density at radius 3 is 2.67 bits per heavy atom. The molecule has 0 spiro atoms. The second-order valence-corrected chi connectivity index (χ2v) is 5.62. The standard InChI is InChI=1S/C15H32N2O/c1-2-14(8-9-16)5-3-10-17-11-4-12-18-13-15-6-7-15/h14-15,17H,2-13,16H2,1H3. The van der Waals surface area contributed by atoms with E-state index in [0.717, 1.165) is 51.1 Å². The first-order chi connectivity index (χ1) is 8.86. The fourth-order valence-corrected chi connectivity index (χ4v) is 2.26. The van der Waals surface area contributed by atoms with Crippen LogP contribution in [0.5, 0.6) is 0 Å². The summed E-state index contributed by atoms with van der Waals surface area (Å²) >= 11 is 0. The first kappa shape index (κ1) is 15.9. The number of rotatable bonds is 13. The second-order valence-electron chi connectivity index (χ2n) is 5.62. The summed E-state index contributed by atoms with van der Waals surface area (Å²) in [4.78, 5) is 0. The van der Waals surface area contributed by atoms with Crippen LogP contribution in [0.25, 0.3) is 0 Å². The van der Waals surface area contributed by atoms with E-state index in [4.69, 9.17) is 10.5 Å². The van der Waals surface area contributed by atoms with Gasteiger partial charge in [0.05, 0.1) is 0 Å². The summed E-state index contributed by atoms with van der Waals surface area (Å²) in [6.45, 7) is 7.27. The highest BCUT2D eigenvalue weighted by molar-refractivity contribution is 4.71. The third-order valence-electron chi connectivity index (χ3n) is 3.81. The number of hydrogen-bond acceptors (Lipinski definition) is 3. The van der Waals surface area contributed by atoms with Crippen molar-refractivity contribution in [3.8, 4) is 0 Å². The molecule has 1 atom stereocenters. The van der Waals surface area contributed by atoms with E-state index >= 15 is 0 Å². The Bertz CT molecular complexity index is 183. The molecule has 0 aliphatic heterocycles. The lowest BCUT2D eigenvalue weighted by molar-refractivity contribution is 0.122. The van der Waals surface area contributed by atoms with Crippen molar-refractivity contribution >= 4 is 0 Å². The van der Waals surface area contributed by atoms with Gasteiger partial charge in [0, 0.05) is 13.2 Å². The molecule has 0 aromatic heterocycles. The molecular formula is C15H32N2O. The average Bonchev–Trinajstić information content (AvgIpc) is 3.19. The Morgan fingerprint density at radius 2 is 2.00 bits per heavy atom. The molecule has 0 radical (unpaired) electrons. The lowest BCUT2D eigenvalue weighted by atomic mass is 9.97. The van der Waals surface area contributed by atoms with Crippen molar-refractivity contribution in [2.45, 2.75) is 51.9 Å². The Balaban J connectivity index is 1.74. The zero-order chi connectivity index (χ0) is 13.1. The Labute approximate surface area is 113 Å². The van der Waals surface area contributed by atoms with E-state index in [9.17, 15) is 0 Å². The van der Waals surface area contributed by atoms with Gasteiger partial charge < -0.3 is 15.8 Å². The minimum atomic E-state index is 0.832. The van der Waals surface area contributed by atoms with E-state index in [1.165, 1.54) is 38.5 Å². The fourth-order valence-electron chi connectivity index (χ4n) is 2.26. The average molecular weight is 256 g/mol. The van der Waals surface area contributed by atoms with Crippen molar-refractivity contribution in [3.63, 3.8) is 0 Å². The number of nitrogens with two attached hydrogens (primary N) is 1. The molecule has 18 heavy (non-hydrogen) atoms. The lowest BCUT2D eigenvalue weighted by Crippen LogP contribution is -2.19. The van der Waals surface area contributed by atoms with Crippen LogP contribution in [0.1, 0.15) is 51.9 Å². The van der Waals surface area contributed by atoms with Crippen molar-refractivity contribution in [2.75, 3.05) is 32.8 Å². The number of hydrogen-bond donors (Lipinski definition) is 2. The molecule has 0 heterocycles. The van der Waals surface area contributed by atoms with Gasteiger partial charge in [-0.2, -0.15) is 0 Å². The molecule has 0 amide bonds. The summed E-state index contributed by atoms with van der Waals surface area (Å²) in [5.74, 6) is 1.73. The molecule has 0 saturated heterocycles. The summed E-state index contributed by atoms with van der Waals surface area (Å²) in [5, 5.41) is 3.50. The van der Waals surface area contributed by atoms with Crippen LogP contribution in [0.2, 0.25) is 0 Å². The maximum Gasteiger partial charge on any atom is 0.0494 e. The van der Waals surface area contributed by atoms with Crippen LogP contribution in [-0.4, -0.2) is 32.8 Å². The summed E-state index contributed by atoms with van der Waals surface area (Å²) in [6.07, 6.45) is 8.98. The monoisotopic (exact) mass is 256 g/mol. The molecule has 0 aromatic carbocycles. The fraction of sp³-hybridized carbons (Fsp3) is 1.00. The molecule has 3 N–H and O–H groups in total. The highest BCUT2D eigenvalue weighted by Crippen LogP contribution is 2.28. The van der Waals surface area contributed by atoms with E-state index in [1.54, 1.807) is 0 Å². The Hall–Kier alpha value is -0.120. The van der Waals surface area contributed by atoms with Crippen molar-refractivity contribution in [2.24, 2.45) is 17.6 Å². The van der Waals surface area contributed by atoms with Crippen LogP contribution in [0.3, 0.4) is 0 Å². The zero-order valence-electron chi connectivity index (χ0n) is 12.1. The SMILES string of the molecule is CCC(CCN)CCCNCCCOCC1CC1. The van der Waals surface area contributed by atoms with E-state index < -0.39 is 0 Å². The van der Waals surface area contributed by atoms with Crippen LogP contribution in [0.4, 0.5) is 0 Å². The summed E-state index contributed by atoms with van der Waals surface area (Å²) < 4.78 is 5.60. The number of ether oxygens (including phenoxy) is 1. The van der Waals surface area contributed by atoms with Crippen molar-refractivity contribution in [3.05, 3.63) is 0 Å². The molecular weight excluding hydrogens is 224 g/mol. The van der Waals surface area contributed by atoms with Gasteiger partial charge in [0.25, 0.3) is 0 Å². The first-order valence-electron chi connectivity index (χ1n) is 7.85. The highest BCUT2D eigenvalue weighted by Gasteiger charge is 2.20. The van der Waals surface area contributed by atoms with Crippen molar-refractivity contribution in [1.82, 2.24) is 5.32 Å². The van der Waals surface area contributed by atoms with Crippen LogP contribution in [-0.2, 0) is 4.74 Å². The molecule has 1 aliphatic rings. The smallest absolute Gasteiger partial charge is 0.0494 e. The van der Waals surface area contributed by atoms with Gasteiger partial charge >= 0.3 is 0 Å². The Kier molecular flexibility index (Phi) is 9.54. The highest BCUT2D eigenvalue weighted by atomic mass is 16.5. The first-order valence-corrected chi connectivity index (χ1v) is 7.85. The largest absolute Gasteiger partial charge is 0.381 e.